The third-order valence-corrected chi connectivity index (χ3v) is 4.34. The highest BCUT2D eigenvalue weighted by atomic mass is 79.9. The number of methoxy groups -OCH3 is 1. The molecule has 0 bridgehead atoms. The fourth-order valence-corrected chi connectivity index (χ4v) is 2.93. The van der Waals surface area contributed by atoms with E-state index in [1.165, 1.54) is 6.08 Å². The number of nitrogens with zero attached hydrogens (tertiary/aromatic N) is 2. The highest BCUT2D eigenvalue weighted by molar-refractivity contribution is 9.10. The van der Waals surface area contributed by atoms with Crippen LogP contribution in [0.5, 0.6) is 5.75 Å². The summed E-state index contributed by atoms with van der Waals surface area (Å²) in [5, 5.41) is 12.4. The zero-order chi connectivity index (χ0) is 20.4. The highest BCUT2D eigenvalue weighted by Crippen LogP contribution is 2.22. The standard InChI is InChI=1S/C21H22BrN3O3/c1-3-5-19(15-8-10-18(11-9-15)28-14-27-2)25-21(26)16(13-23)12-17-6-4-7-20(22)24-17/h4,6-12,19H,3,5,14H2,1-2H3,(H,25,26)/b16-12+. The van der Waals surface area contributed by atoms with Gasteiger partial charge in [-0.25, -0.2) is 4.98 Å². The summed E-state index contributed by atoms with van der Waals surface area (Å²) in [5.74, 6) is 0.257. The maximum absolute atomic E-state index is 12.6. The van der Waals surface area contributed by atoms with Crippen molar-refractivity contribution in [3.05, 3.63) is 63.9 Å². The number of halogens is 1. The van der Waals surface area contributed by atoms with E-state index in [1.54, 1.807) is 25.3 Å². The average molecular weight is 444 g/mol. The molecule has 1 aromatic heterocycles. The van der Waals surface area contributed by atoms with Crippen LogP contribution in [0.2, 0.25) is 0 Å². The molecular weight excluding hydrogens is 422 g/mol. The molecule has 1 unspecified atom stereocenters. The number of aromatic nitrogens is 1. The number of benzene rings is 1. The quantitative estimate of drug-likeness (QED) is 0.268. The van der Waals surface area contributed by atoms with Crippen LogP contribution >= 0.6 is 15.9 Å². The molecule has 2 rings (SSSR count). The fourth-order valence-electron chi connectivity index (χ4n) is 2.57. The van der Waals surface area contributed by atoms with Crippen LogP contribution < -0.4 is 10.1 Å². The third-order valence-electron chi connectivity index (χ3n) is 3.90. The molecule has 1 atom stereocenters. The van der Waals surface area contributed by atoms with E-state index in [9.17, 15) is 10.1 Å². The Balaban J connectivity index is 2.15. The molecule has 1 heterocycles. The van der Waals surface area contributed by atoms with Crippen molar-refractivity contribution in [1.82, 2.24) is 10.3 Å². The Morgan fingerprint density at radius 3 is 2.68 bits per heavy atom. The Morgan fingerprint density at radius 2 is 2.07 bits per heavy atom. The summed E-state index contributed by atoms with van der Waals surface area (Å²) in [7, 11) is 1.56. The maximum atomic E-state index is 12.6. The van der Waals surface area contributed by atoms with Gasteiger partial charge in [0, 0.05) is 7.11 Å². The Labute approximate surface area is 173 Å². The topological polar surface area (TPSA) is 84.2 Å². The van der Waals surface area contributed by atoms with Crippen molar-refractivity contribution in [2.75, 3.05) is 13.9 Å². The smallest absolute Gasteiger partial charge is 0.262 e. The van der Waals surface area contributed by atoms with Crippen LogP contribution in [-0.4, -0.2) is 24.8 Å². The summed E-state index contributed by atoms with van der Waals surface area (Å²) in [4.78, 5) is 16.9. The summed E-state index contributed by atoms with van der Waals surface area (Å²) >= 11 is 3.28. The Hall–Kier alpha value is -2.69. The van der Waals surface area contributed by atoms with Gasteiger partial charge in [0.25, 0.3) is 5.91 Å². The second kappa shape index (κ2) is 11.2. The van der Waals surface area contributed by atoms with Gasteiger partial charge in [-0.15, -0.1) is 0 Å². The van der Waals surface area contributed by atoms with Crippen LogP contribution in [-0.2, 0) is 9.53 Å². The summed E-state index contributed by atoms with van der Waals surface area (Å²) in [6.07, 6.45) is 3.11. The summed E-state index contributed by atoms with van der Waals surface area (Å²) < 4.78 is 10.9. The van der Waals surface area contributed by atoms with Crippen LogP contribution in [0.1, 0.15) is 37.1 Å². The largest absolute Gasteiger partial charge is 0.468 e. The molecule has 1 N–H and O–H groups in total. The first-order chi connectivity index (χ1) is 13.6. The van der Waals surface area contributed by atoms with E-state index in [4.69, 9.17) is 9.47 Å². The molecule has 0 aliphatic rings. The van der Waals surface area contributed by atoms with Gasteiger partial charge >= 0.3 is 0 Å². The number of carbonyl (C=O) groups excluding carboxylic acids is 1. The molecule has 0 saturated heterocycles. The maximum Gasteiger partial charge on any atom is 0.262 e. The predicted molar refractivity (Wildman–Crippen MR) is 110 cm³/mol. The molecule has 0 radical (unpaired) electrons. The minimum Gasteiger partial charge on any atom is -0.468 e. The zero-order valence-electron chi connectivity index (χ0n) is 15.8. The average Bonchev–Trinajstić information content (AvgIpc) is 2.70. The van der Waals surface area contributed by atoms with Crippen molar-refractivity contribution >= 4 is 27.9 Å². The van der Waals surface area contributed by atoms with Crippen molar-refractivity contribution in [2.24, 2.45) is 0 Å². The first-order valence-corrected chi connectivity index (χ1v) is 9.63. The number of pyridine rings is 1. The third kappa shape index (κ3) is 6.48. The molecule has 6 nitrogen and oxygen atoms in total. The summed E-state index contributed by atoms with van der Waals surface area (Å²) in [6, 6.07) is 14.5. The fraction of sp³-hybridized carbons (Fsp3) is 0.286. The van der Waals surface area contributed by atoms with Gasteiger partial charge in [-0.2, -0.15) is 5.26 Å². The van der Waals surface area contributed by atoms with E-state index in [0.29, 0.717) is 16.0 Å². The van der Waals surface area contributed by atoms with Gasteiger partial charge < -0.3 is 14.8 Å². The Bertz CT molecular complexity index is 860. The highest BCUT2D eigenvalue weighted by Gasteiger charge is 2.17. The minimum atomic E-state index is -0.428. The minimum absolute atomic E-state index is 0.00625. The lowest BCUT2D eigenvalue weighted by Crippen LogP contribution is -2.29. The van der Waals surface area contributed by atoms with Gasteiger partial charge in [0.1, 0.15) is 22.0 Å². The molecule has 2 aromatic rings. The van der Waals surface area contributed by atoms with E-state index in [-0.39, 0.29) is 18.4 Å². The first kappa shape index (κ1) is 21.6. The normalized spacial score (nSPS) is 12.1. The van der Waals surface area contributed by atoms with Crippen molar-refractivity contribution in [1.29, 1.82) is 5.26 Å². The SMILES string of the molecule is CCCC(NC(=O)/C(C#N)=C/c1cccc(Br)n1)c1ccc(OCOC)cc1. The molecule has 0 aliphatic carbocycles. The van der Waals surface area contributed by atoms with Gasteiger partial charge in [0.15, 0.2) is 6.79 Å². The van der Waals surface area contributed by atoms with E-state index in [1.807, 2.05) is 37.3 Å². The number of nitrogens with one attached hydrogen (secondary N) is 1. The van der Waals surface area contributed by atoms with Crippen LogP contribution in [0.4, 0.5) is 0 Å². The van der Waals surface area contributed by atoms with Gasteiger partial charge in [-0.1, -0.05) is 31.5 Å². The number of hydrogen-bond acceptors (Lipinski definition) is 5. The molecule has 146 valence electrons. The van der Waals surface area contributed by atoms with Crippen LogP contribution in [0.3, 0.4) is 0 Å². The number of amides is 1. The van der Waals surface area contributed by atoms with Crippen LogP contribution in [0, 0.1) is 11.3 Å². The molecule has 28 heavy (non-hydrogen) atoms. The monoisotopic (exact) mass is 443 g/mol. The van der Waals surface area contributed by atoms with E-state index >= 15 is 0 Å². The number of hydrogen-bond donors (Lipinski definition) is 1. The van der Waals surface area contributed by atoms with E-state index in [2.05, 4.69) is 26.2 Å². The summed E-state index contributed by atoms with van der Waals surface area (Å²) in [5.41, 5.74) is 1.48. The number of carbonyl (C=O) groups is 1. The van der Waals surface area contributed by atoms with E-state index in [0.717, 1.165) is 18.4 Å². The number of ether oxygens (including phenoxy) is 2. The summed E-state index contributed by atoms with van der Waals surface area (Å²) in [6.45, 7) is 2.22. The molecule has 1 amide bonds. The van der Waals surface area contributed by atoms with Gasteiger partial charge in [0.05, 0.1) is 11.7 Å². The lowest BCUT2D eigenvalue weighted by Gasteiger charge is -2.19. The Kier molecular flexibility index (Phi) is 8.66. The lowest BCUT2D eigenvalue weighted by atomic mass is 10.0. The molecule has 0 aliphatic heterocycles. The van der Waals surface area contributed by atoms with Crippen LogP contribution in [0.25, 0.3) is 6.08 Å². The predicted octanol–water partition coefficient (Wildman–Crippen LogP) is 4.39. The first-order valence-electron chi connectivity index (χ1n) is 8.84. The molecule has 0 spiro atoms. The second-order valence-electron chi connectivity index (χ2n) is 5.99. The van der Waals surface area contributed by atoms with Gasteiger partial charge in [-0.3, -0.25) is 4.79 Å². The second-order valence-corrected chi connectivity index (χ2v) is 6.80. The van der Waals surface area contributed by atoms with Gasteiger partial charge in [-0.05, 0) is 58.3 Å². The molecule has 0 fully saturated rings. The van der Waals surface area contributed by atoms with Crippen molar-refractivity contribution < 1.29 is 14.3 Å². The van der Waals surface area contributed by atoms with Crippen LogP contribution in [0.15, 0.2) is 52.6 Å². The van der Waals surface area contributed by atoms with E-state index < -0.39 is 5.91 Å². The van der Waals surface area contributed by atoms with Gasteiger partial charge in [0.2, 0.25) is 0 Å². The van der Waals surface area contributed by atoms with Crippen molar-refractivity contribution in [3.8, 4) is 11.8 Å². The number of rotatable bonds is 9. The molecular formula is C21H22BrN3O3. The Morgan fingerprint density at radius 1 is 1.32 bits per heavy atom. The zero-order valence-corrected chi connectivity index (χ0v) is 17.4. The van der Waals surface area contributed by atoms with Crippen molar-refractivity contribution in [2.45, 2.75) is 25.8 Å². The molecule has 1 aromatic carbocycles. The van der Waals surface area contributed by atoms with Crippen molar-refractivity contribution in [3.63, 3.8) is 0 Å². The number of nitriles is 1. The lowest BCUT2D eigenvalue weighted by molar-refractivity contribution is -0.117. The molecule has 0 saturated carbocycles. The molecule has 7 heteroatoms.